The molecule has 0 aliphatic heterocycles. The van der Waals surface area contributed by atoms with Crippen molar-refractivity contribution in [2.24, 2.45) is 0 Å². The smallest absolute Gasteiger partial charge is 0.330 e. The molecular formula is C19H20FNO4. The van der Waals surface area contributed by atoms with Crippen molar-refractivity contribution in [3.8, 4) is 5.75 Å². The third-order valence-electron chi connectivity index (χ3n) is 3.62. The molecule has 2 aromatic rings. The molecule has 6 heteroatoms. The molecule has 1 amide bonds. The number of carboxylic acid groups (broad SMARTS) is 1. The second-order valence-electron chi connectivity index (χ2n) is 5.89. The number of carboxylic acids is 1. The molecule has 0 saturated heterocycles. The quantitative estimate of drug-likeness (QED) is 0.843. The zero-order valence-corrected chi connectivity index (χ0v) is 14.2. The van der Waals surface area contributed by atoms with Gasteiger partial charge in [-0.25, -0.2) is 9.18 Å². The second-order valence-corrected chi connectivity index (χ2v) is 5.89. The number of para-hydroxylation sites is 1. The van der Waals surface area contributed by atoms with Crippen LogP contribution in [0.4, 0.5) is 4.39 Å². The minimum Gasteiger partial charge on any atom is -0.479 e. The molecule has 2 N–H and O–H groups in total. The molecule has 0 heterocycles. The minimum atomic E-state index is -1.21. The van der Waals surface area contributed by atoms with Gasteiger partial charge in [-0.1, -0.05) is 41.5 Å². The van der Waals surface area contributed by atoms with Gasteiger partial charge in [-0.05, 0) is 38.5 Å². The van der Waals surface area contributed by atoms with E-state index in [1.165, 1.54) is 25.1 Å². The van der Waals surface area contributed by atoms with Gasteiger partial charge in [0.25, 0.3) is 5.91 Å². The number of hydrogen-bond donors (Lipinski definition) is 2. The predicted octanol–water partition coefficient (Wildman–Crippen LogP) is 3.15. The fourth-order valence-electron chi connectivity index (χ4n) is 2.51. The first kappa shape index (κ1) is 18.4. The highest BCUT2D eigenvalue weighted by Crippen LogP contribution is 2.20. The van der Waals surface area contributed by atoms with Gasteiger partial charge in [0, 0.05) is 0 Å². The minimum absolute atomic E-state index is 0.0663. The number of hydrogen-bond acceptors (Lipinski definition) is 3. The van der Waals surface area contributed by atoms with Crippen molar-refractivity contribution in [3.63, 3.8) is 0 Å². The van der Waals surface area contributed by atoms with Crippen molar-refractivity contribution in [2.75, 3.05) is 0 Å². The molecule has 0 radical (unpaired) electrons. The fraction of sp³-hybridized carbons (Fsp3) is 0.263. The van der Waals surface area contributed by atoms with Crippen molar-refractivity contribution in [1.29, 1.82) is 0 Å². The lowest BCUT2D eigenvalue weighted by molar-refractivity contribution is -0.143. The van der Waals surface area contributed by atoms with Crippen molar-refractivity contribution in [3.05, 3.63) is 65.0 Å². The zero-order valence-electron chi connectivity index (χ0n) is 14.2. The van der Waals surface area contributed by atoms with E-state index in [-0.39, 0.29) is 5.75 Å². The molecule has 25 heavy (non-hydrogen) atoms. The van der Waals surface area contributed by atoms with Crippen LogP contribution in [0.15, 0.2) is 42.5 Å². The SMILES string of the molecule is Cc1cc(C)cc(C(NC(=O)C(C)Oc2ccccc2F)C(=O)O)c1. The van der Waals surface area contributed by atoms with Crippen LogP contribution in [0.1, 0.15) is 29.7 Å². The summed E-state index contributed by atoms with van der Waals surface area (Å²) in [6.45, 7) is 5.13. The van der Waals surface area contributed by atoms with Crippen LogP contribution in [0, 0.1) is 19.7 Å². The molecule has 5 nitrogen and oxygen atoms in total. The van der Waals surface area contributed by atoms with Gasteiger partial charge < -0.3 is 15.2 Å². The summed E-state index contributed by atoms with van der Waals surface area (Å²) in [5.74, 6) is -2.49. The maximum Gasteiger partial charge on any atom is 0.330 e. The topological polar surface area (TPSA) is 75.6 Å². The average Bonchev–Trinajstić information content (AvgIpc) is 2.53. The molecule has 0 saturated carbocycles. The maximum atomic E-state index is 13.6. The molecule has 0 aliphatic rings. The lowest BCUT2D eigenvalue weighted by Gasteiger charge is -2.20. The third kappa shape index (κ3) is 4.79. The highest BCUT2D eigenvalue weighted by atomic mass is 19.1. The molecule has 132 valence electrons. The fourth-order valence-corrected chi connectivity index (χ4v) is 2.51. The van der Waals surface area contributed by atoms with Crippen molar-refractivity contribution >= 4 is 11.9 Å². The number of aryl methyl sites for hydroxylation is 2. The van der Waals surface area contributed by atoms with Crippen LogP contribution < -0.4 is 10.1 Å². The first-order valence-corrected chi connectivity index (χ1v) is 7.80. The molecule has 2 unspecified atom stereocenters. The summed E-state index contributed by atoms with van der Waals surface area (Å²) < 4.78 is 18.9. The molecule has 2 atom stereocenters. The summed E-state index contributed by atoms with van der Waals surface area (Å²) in [4.78, 5) is 23.9. The van der Waals surface area contributed by atoms with Crippen LogP contribution in [0.5, 0.6) is 5.75 Å². The van der Waals surface area contributed by atoms with Gasteiger partial charge in [0.1, 0.15) is 0 Å². The van der Waals surface area contributed by atoms with Gasteiger partial charge in [0.05, 0.1) is 0 Å². The van der Waals surface area contributed by atoms with Crippen molar-refractivity contribution in [1.82, 2.24) is 5.32 Å². The van der Waals surface area contributed by atoms with E-state index in [0.717, 1.165) is 11.1 Å². The normalized spacial score (nSPS) is 13.0. The van der Waals surface area contributed by atoms with E-state index in [1.54, 1.807) is 18.2 Å². The number of benzene rings is 2. The van der Waals surface area contributed by atoms with E-state index < -0.39 is 29.8 Å². The zero-order chi connectivity index (χ0) is 18.6. The van der Waals surface area contributed by atoms with Crippen LogP contribution >= 0.6 is 0 Å². The van der Waals surface area contributed by atoms with Gasteiger partial charge in [0.2, 0.25) is 0 Å². The molecule has 0 spiro atoms. The van der Waals surface area contributed by atoms with E-state index in [9.17, 15) is 19.1 Å². The Hall–Kier alpha value is -2.89. The molecule has 0 aromatic heterocycles. The Morgan fingerprint density at radius 1 is 1.12 bits per heavy atom. The van der Waals surface area contributed by atoms with E-state index in [2.05, 4.69) is 5.32 Å². The summed E-state index contributed by atoms with van der Waals surface area (Å²) in [5, 5.41) is 11.9. The van der Waals surface area contributed by atoms with Gasteiger partial charge in [-0.3, -0.25) is 4.79 Å². The van der Waals surface area contributed by atoms with Gasteiger partial charge in [-0.15, -0.1) is 0 Å². The summed E-state index contributed by atoms with van der Waals surface area (Å²) >= 11 is 0. The van der Waals surface area contributed by atoms with Crippen molar-refractivity contribution < 1.29 is 23.8 Å². The number of carbonyl (C=O) groups excluding carboxylic acids is 1. The lowest BCUT2D eigenvalue weighted by atomic mass is 10.0. The highest BCUT2D eigenvalue weighted by molar-refractivity contribution is 5.87. The molecule has 2 rings (SSSR count). The van der Waals surface area contributed by atoms with Gasteiger partial charge in [-0.2, -0.15) is 0 Å². The number of nitrogens with one attached hydrogen (secondary N) is 1. The molecule has 0 bridgehead atoms. The van der Waals surface area contributed by atoms with Crippen molar-refractivity contribution in [2.45, 2.75) is 32.9 Å². The van der Waals surface area contributed by atoms with Gasteiger partial charge in [0.15, 0.2) is 23.7 Å². The Morgan fingerprint density at radius 3 is 2.28 bits per heavy atom. The number of ether oxygens (including phenoxy) is 1. The number of aliphatic carboxylic acids is 1. The average molecular weight is 345 g/mol. The third-order valence-corrected chi connectivity index (χ3v) is 3.62. The van der Waals surface area contributed by atoms with E-state index >= 15 is 0 Å². The number of amides is 1. The van der Waals surface area contributed by atoms with Crippen LogP contribution in [0.3, 0.4) is 0 Å². The maximum absolute atomic E-state index is 13.6. The van der Waals surface area contributed by atoms with Crippen LogP contribution in [-0.2, 0) is 9.59 Å². The first-order chi connectivity index (χ1) is 11.8. The Balaban J connectivity index is 2.14. The van der Waals surface area contributed by atoms with Gasteiger partial charge >= 0.3 is 5.97 Å². The summed E-state index contributed by atoms with van der Waals surface area (Å²) in [6.07, 6.45) is -1.05. The number of halogens is 1. The first-order valence-electron chi connectivity index (χ1n) is 7.80. The number of carbonyl (C=O) groups is 2. The summed E-state index contributed by atoms with van der Waals surface area (Å²) in [5.41, 5.74) is 2.26. The Morgan fingerprint density at radius 2 is 1.72 bits per heavy atom. The van der Waals surface area contributed by atoms with E-state index in [4.69, 9.17) is 4.74 Å². The van der Waals surface area contributed by atoms with Crippen LogP contribution in [0.2, 0.25) is 0 Å². The summed E-state index contributed by atoms with van der Waals surface area (Å²) in [6, 6.07) is 9.81. The monoisotopic (exact) mass is 345 g/mol. The lowest BCUT2D eigenvalue weighted by Crippen LogP contribution is -2.41. The van der Waals surface area contributed by atoms with Crippen LogP contribution in [0.25, 0.3) is 0 Å². The largest absolute Gasteiger partial charge is 0.479 e. The summed E-state index contributed by atoms with van der Waals surface area (Å²) in [7, 11) is 0. The molecule has 2 aromatic carbocycles. The molecule has 0 aliphatic carbocycles. The standard InChI is InChI=1S/C19H20FNO4/c1-11-8-12(2)10-14(9-11)17(19(23)24)21-18(22)13(3)25-16-7-5-4-6-15(16)20/h4-10,13,17H,1-3H3,(H,21,22)(H,23,24). The Kier molecular flexibility index (Phi) is 5.75. The van der Waals surface area contributed by atoms with E-state index in [1.807, 2.05) is 19.9 Å². The molecular weight excluding hydrogens is 325 g/mol. The highest BCUT2D eigenvalue weighted by Gasteiger charge is 2.26. The predicted molar refractivity (Wildman–Crippen MR) is 90.9 cm³/mol. The Labute approximate surface area is 145 Å². The second kappa shape index (κ2) is 7.79. The van der Waals surface area contributed by atoms with E-state index in [0.29, 0.717) is 5.56 Å². The number of rotatable bonds is 6. The Bertz CT molecular complexity index is 770. The molecule has 0 fully saturated rings. The van der Waals surface area contributed by atoms with Crippen LogP contribution in [-0.4, -0.2) is 23.1 Å².